The molecule has 0 saturated heterocycles. The number of sulfone groups is 1. The number of nitrogens with one attached hydrogen (secondary N) is 1. The second-order valence-electron chi connectivity index (χ2n) is 7.24. The molecule has 0 spiro atoms. The Labute approximate surface area is 164 Å². The lowest BCUT2D eigenvalue weighted by molar-refractivity contribution is -0.00686. The quantitative estimate of drug-likeness (QED) is 0.365. The third-order valence-electron chi connectivity index (χ3n) is 3.75. The lowest BCUT2D eigenvalue weighted by atomic mass is 10.1. The molecule has 0 aromatic heterocycles. The van der Waals surface area contributed by atoms with E-state index < -0.39 is 32.6 Å². The van der Waals surface area contributed by atoms with Gasteiger partial charge in [0.15, 0.2) is 6.04 Å². The molecule has 1 atom stereocenters. The van der Waals surface area contributed by atoms with Crippen molar-refractivity contribution in [3.63, 3.8) is 0 Å². The van der Waals surface area contributed by atoms with Crippen LogP contribution in [0.15, 0.2) is 59.5 Å². The fraction of sp³-hybridized carbons (Fsp3) is 0.300. The maximum Gasteiger partial charge on any atom is 0.412 e. The highest BCUT2D eigenvalue weighted by Gasteiger charge is 2.40. The molecule has 1 N–H and O–H groups in total. The van der Waals surface area contributed by atoms with E-state index in [0.717, 1.165) is 5.56 Å². The van der Waals surface area contributed by atoms with Gasteiger partial charge in [-0.3, -0.25) is 0 Å². The number of carbonyl (C=O) groups is 1. The summed E-state index contributed by atoms with van der Waals surface area (Å²) in [7, 11) is -4.17. The predicted molar refractivity (Wildman–Crippen MR) is 106 cm³/mol. The summed E-state index contributed by atoms with van der Waals surface area (Å²) in [5.74, 6) is 0. The van der Waals surface area contributed by atoms with E-state index in [1.54, 1.807) is 63.2 Å². The van der Waals surface area contributed by atoms with Gasteiger partial charge >= 0.3 is 11.1 Å². The predicted octanol–water partition coefficient (Wildman–Crippen LogP) is 3.66. The fourth-order valence-corrected chi connectivity index (χ4v) is 3.81. The van der Waals surface area contributed by atoms with Gasteiger partial charge in [0.25, 0.3) is 9.84 Å². The van der Waals surface area contributed by atoms with E-state index in [4.69, 9.17) is 4.74 Å². The number of aryl methyl sites for hydroxylation is 1. The number of amides is 1. The topological polar surface area (TPSA) is 109 Å². The minimum absolute atomic E-state index is 0.0437. The van der Waals surface area contributed by atoms with Crippen molar-refractivity contribution < 1.29 is 22.7 Å². The Morgan fingerprint density at radius 1 is 1.07 bits per heavy atom. The number of ether oxygens (including phenoxy) is 1. The van der Waals surface area contributed by atoms with Gasteiger partial charge in [0, 0.05) is 0 Å². The first-order valence-corrected chi connectivity index (χ1v) is 10.1. The molecule has 0 aliphatic rings. The standard InChI is InChI=1S/C20H23N3O4S/c1-14-10-12-16(13-11-14)28(25,26)18(23-21)17(15-8-6-5-7-9-15)22-19(24)27-20(2,3)4/h5-13,17H,1-4H3,(H,22,24)/t17-/m1/s1. The molecule has 28 heavy (non-hydrogen) atoms. The van der Waals surface area contributed by atoms with Crippen LogP contribution in [0.4, 0.5) is 4.79 Å². The Balaban J connectivity index is 2.50. The van der Waals surface area contributed by atoms with Gasteiger partial charge in [-0.25, -0.2) is 13.2 Å². The lowest BCUT2D eigenvalue weighted by Gasteiger charge is -2.22. The van der Waals surface area contributed by atoms with Crippen LogP contribution < -0.4 is 5.32 Å². The van der Waals surface area contributed by atoms with E-state index in [9.17, 15) is 18.7 Å². The normalized spacial score (nSPS) is 12.6. The van der Waals surface area contributed by atoms with Gasteiger partial charge in [0.05, 0.1) is 4.90 Å². The van der Waals surface area contributed by atoms with E-state index in [0.29, 0.717) is 5.56 Å². The summed E-state index contributed by atoms with van der Waals surface area (Å²) in [5.41, 5.74) is 10.1. The van der Waals surface area contributed by atoms with Crippen molar-refractivity contribution in [1.82, 2.24) is 5.32 Å². The zero-order valence-electron chi connectivity index (χ0n) is 16.2. The summed E-state index contributed by atoms with van der Waals surface area (Å²) in [6.07, 6.45) is -0.832. The van der Waals surface area contributed by atoms with E-state index in [-0.39, 0.29) is 4.90 Å². The number of hydrogen-bond donors (Lipinski definition) is 1. The second kappa shape index (κ2) is 8.37. The molecule has 2 aromatic rings. The molecule has 1 amide bonds. The number of carbonyl (C=O) groups excluding carboxylic acids is 1. The maximum atomic E-state index is 13.1. The van der Waals surface area contributed by atoms with Crippen LogP contribution in [-0.2, 0) is 14.6 Å². The summed E-state index contributed by atoms with van der Waals surface area (Å²) in [6.45, 7) is 6.89. The third kappa shape index (κ3) is 5.28. The number of rotatable bonds is 4. The van der Waals surface area contributed by atoms with Crippen LogP contribution in [0.5, 0.6) is 0 Å². The van der Waals surface area contributed by atoms with Crippen molar-refractivity contribution in [3.8, 4) is 0 Å². The molecule has 0 aliphatic carbocycles. The molecule has 0 fully saturated rings. The molecule has 2 aromatic carbocycles. The zero-order valence-corrected chi connectivity index (χ0v) is 17.0. The van der Waals surface area contributed by atoms with Crippen LogP contribution in [0.2, 0.25) is 0 Å². The Kier molecular flexibility index (Phi) is 6.38. The summed E-state index contributed by atoms with van der Waals surface area (Å²) < 4.78 is 31.4. The molecule has 0 unspecified atom stereocenters. The molecule has 148 valence electrons. The SMILES string of the molecule is Cc1ccc(S(=O)(=O)C(=[N+]=[N-])[C@H](NC(=O)OC(C)(C)C)c2ccccc2)cc1. The molecule has 0 aliphatic heterocycles. The van der Waals surface area contributed by atoms with Crippen LogP contribution in [0.3, 0.4) is 0 Å². The van der Waals surface area contributed by atoms with E-state index in [1.807, 2.05) is 6.92 Å². The Morgan fingerprint density at radius 2 is 1.64 bits per heavy atom. The molecule has 0 heterocycles. The minimum atomic E-state index is -4.17. The summed E-state index contributed by atoms with van der Waals surface area (Å²) in [4.78, 5) is 15.3. The molecule has 0 bridgehead atoms. The average Bonchev–Trinajstić information content (AvgIpc) is 2.61. The van der Waals surface area contributed by atoms with Gasteiger partial charge in [-0.15, -0.1) is 0 Å². The van der Waals surface area contributed by atoms with Crippen molar-refractivity contribution in [2.45, 2.75) is 44.2 Å². The van der Waals surface area contributed by atoms with Crippen molar-refractivity contribution in [1.29, 1.82) is 0 Å². The van der Waals surface area contributed by atoms with Gasteiger partial charge < -0.3 is 15.6 Å². The van der Waals surface area contributed by atoms with Gasteiger partial charge in [-0.2, -0.15) is 4.79 Å². The van der Waals surface area contributed by atoms with Crippen molar-refractivity contribution in [3.05, 3.63) is 71.3 Å². The van der Waals surface area contributed by atoms with E-state index in [1.165, 1.54) is 12.1 Å². The van der Waals surface area contributed by atoms with Crippen molar-refractivity contribution in [2.24, 2.45) is 0 Å². The number of nitrogens with zero attached hydrogens (tertiary/aromatic N) is 2. The van der Waals surface area contributed by atoms with E-state index >= 15 is 0 Å². The van der Waals surface area contributed by atoms with Gasteiger partial charge in [0.2, 0.25) is 0 Å². The first-order valence-electron chi connectivity index (χ1n) is 8.63. The largest absolute Gasteiger partial charge is 0.444 e. The molecular formula is C20H23N3O4S. The van der Waals surface area contributed by atoms with E-state index in [2.05, 4.69) is 10.1 Å². The molecule has 0 radical (unpaired) electrons. The zero-order chi connectivity index (χ0) is 20.9. The third-order valence-corrected chi connectivity index (χ3v) is 5.51. The number of hydrogen-bond acceptors (Lipinski definition) is 4. The van der Waals surface area contributed by atoms with Crippen molar-refractivity contribution in [2.75, 3.05) is 0 Å². The summed E-state index contributed by atoms with van der Waals surface area (Å²) in [6, 6.07) is 13.3. The highest BCUT2D eigenvalue weighted by atomic mass is 32.2. The second-order valence-corrected chi connectivity index (χ2v) is 9.14. The monoisotopic (exact) mass is 401 g/mol. The smallest absolute Gasteiger partial charge is 0.412 e. The maximum absolute atomic E-state index is 13.1. The minimum Gasteiger partial charge on any atom is -0.444 e. The van der Waals surface area contributed by atoms with Crippen LogP contribution in [0.1, 0.15) is 37.9 Å². The van der Waals surface area contributed by atoms with Crippen LogP contribution in [-0.4, -0.2) is 29.9 Å². The van der Waals surface area contributed by atoms with Gasteiger partial charge in [0.1, 0.15) is 5.60 Å². The van der Waals surface area contributed by atoms with Crippen LogP contribution >= 0.6 is 0 Å². The Morgan fingerprint density at radius 3 is 2.14 bits per heavy atom. The highest BCUT2D eigenvalue weighted by Crippen LogP contribution is 2.23. The molecule has 2 rings (SSSR count). The number of alkyl carbamates (subject to hydrolysis) is 1. The van der Waals surface area contributed by atoms with Crippen LogP contribution in [0.25, 0.3) is 5.53 Å². The fourth-order valence-electron chi connectivity index (χ4n) is 2.46. The first-order chi connectivity index (χ1) is 13.0. The average molecular weight is 401 g/mol. The molecule has 8 heteroatoms. The molecule has 0 saturated carbocycles. The van der Waals surface area contributed by atoms with Gasteiger partial charge in [-0.05, 0) is 45.4 Å². The van der Waals surface area contributed by atoms with Crippen LogP contribution in [0, 0.1) is 6.92 Å². The summed E-state index contributed by atoms with van der Waals surface area (Å²) in [5, 5.41) is 1.89. The molecule has 7 nitrogen and oxygen atoms in total. The first kappa shape index (κ1) is 21.3. The van der Waals surface area contributed by atoms with Crippen molar-refractivity contribution >= 4 is 21.0 Å². The Bertz CT molecular complexity index is 988. The van der Waals surface area contributed by atoms with Gasteiger partial charge in [-0.1, -0.05) is 48.0 Å². The summed E-state index contributed by atoms with van der Waals surface area (Å²) >= 11 is 0. The lowest BCUT2D eigenvalue weighted by Crippen LogP contribution is -2.40. The highest BCUT2D eigenvalue weighted by molar-refractivity contribution is 8.06. The number of benzene rings is 2. The molecular weight excluding hydrogens is 378 g/mol. The Hall–Kier alpha value is -2.96.